The summed E-state index contributed by atoms with van der Waals surface area (Å²) in [6.45, 7) is 0. The minimum Gasteiger partial charge on any atom is -0.449 e. The summed E-state index contributed by atoms with van der Waals surface area (Å²) >= 11 is 0. The van der Waals surface area contributed by atoms with E-state index in [4.69, 9.17) is 4.74 Å². The van der Waals surface area contributed by atoms with Gasteiger partial charge in [0.25, 0.3) is 0 Å². The number of carbonyl (C=O) groups excluding carboxylic acids is 1. The number of hydrogen-bond acceptors (Lipinski definition) is 2. The Morgan fingerprint density at radius 2 is 1.82 bits per heavy atom. The molecule has 22 heavy (non-hydrogen) atoms. The summed E-state index contributed by atoms with van der Waals surface area (Å²) in [6, 6.07) is 10.0. The Morgan fingerprint density at radius 3 is 2.59 bits per heavy atom. The lowest BCUT2D eigenvalue weighted by Gasteiger charge is -2.24. The molecule has 1 saturated carbocycles. The molecule has 2 heteroatoms. The van der Waals surface area contributed by atoms with E-state index in [1.165, 1.54) is 25.7 Å². The van der Waals surface area contributed by atoms with Crippen molar-refractivity contribution in [2.24, 2.45) is 5.41 Å². The molecule has 1 aliphatic heterocycles. The van der Waals surface area contributed by atoms with Crippen LogP contribution < -0.4 is 0 Å². The Morgan fingerprint density at radius 1 is 1.05 bits per heavy atom. The second-order valence-electron chi connectivity index (χ2n) is 6.57. The summed E-state index contributed by atoms with van der Waals surface area (Å²) in [5.74, 6) is -0.202. The second kappa shape index (κ2) is 5.28. The molecule has 0 radical (unpaired) electrons. The van der Waals surface area contributed by atoms with Crippen molar-refractivity contribution in [1.29, 1.82) is 0 Å². The topological polar surface area (TPSA) is 26.3 Å². The van der Waals surface area contributed by atoms with Crippen LogP contribution in [0.1, 0.15) is 43.8 Å². The van der Waals surface area contributed by atoms with Crippen molar-refractivity contribution in [2.45, 2.75) is 38.2 Å². The van der Waals surface area contributed by atoms with Crippen molar-refractivity contribution in [2.75, 3.05) is 0 Å². The molecule has 1 atom stereocenters. The molecular weight excluding hydrogens is 272 g/mol. The number of esters is 1. The molecule has 112 valence electrons. The average molecular weight is 292 g/mol. The molecule has 0 N–H and O–H groups in total. The van der Waals surface area contributed by atoms with Gasteiger partial charge in [-0.05, 0) is 30.2 Å². The van der Waals surface area contributed by atoms with Gasteiger partial charge in [-0.15, -0.1) is 0 Å². The van der Waals surface area contributed by atoms with Crippen molar-refractivity contribution < 1.29 is 9.53 Å². The molecule has 4 rings (SSSR count). The first-order valence-corrected chi connectivity index (χ1v) is 8.13. The fourth-order valence-corrected chi connectivity index (χ4v) is 3.91. The van der Waals surface area contributed by atoms with Gasteiger partial charge in [0.05, 0.1) is 5.57 Å². The van der Waals surface area contributed by atoms with E-state index in [-0.39, 0.29) is 12.1 Å². The van der Waals surface area contributed by atoms with E-state index in [0.717, 1.165) is 23.1 Å². The molecule has 0 aromatic heterocycles. The third kappa shape index (κ3) is 2.23. The predicted octanol–water partition coefficient (Wildman–Crippen LogP) is 4.66. The molecule has 2 aliphatic carbocycles. The zero-order valence-electron chi connectivity index (χ0n) is 12.6. The van der Waals surface area contributed by atoms with Crippen LogP contribution in [-0.4, -0.2) is 5.97 Å². The van der Waals surface area contributed by atoms with E-state index in [1.807, 2.05) is 36.4 Å². The molecule has 3 aliphatic rings. The van der Waals surface area contributed by atoms with Crippen LogP contribution in [-0.2, 0) is 9.53 Å². The van der Waals surface area contributed by atoms with E-state index in [1.54, 1.807) is 0 Å². The van der Waals surface area contributed by atoms with Crippen LogP contribution >= 0.6 is 0 Å². The van der Waals surface area contributed by atoms with Crippen LogP contribution in [0.3, 0.4) is 0 Å². The SMILES string of the molecule is O=C1OC(c2ccccc2)C2=C1/C=C\CC1(/C=C\2)CCCC1. The number of benzene rings is 1. The van der Waals surface area contributed by atoms with Crippen LogP contribution in [0.4, 0.5) is 0 Å². The van der Waals surface area contributed by atoms with Gasteiger partial charge in [0.15, 0.2) is 6.10 Å². The predicted molar refractivity (Wildman–Crippen MR) is 86.1 cm³/mol. The van der Waals surface area contributed by atoms with Gasteiger partial charge >= 0.3 is 5.97 Å². The van der Waals surface area contributed by atoms with E-state index in [2.05, 4.69) is 18.2 Å². The highest BCUT2D eigenvalue weighted by Crippen LogP contribution is 2.46. The van der Waals surface area contributed by atoms with Crippen molar-refractivity contribution in [1.82, 2.24) is 0 Å². The Bertz CT molecular complexity index is 673. The molecule has 1 aromatic carbocycles. The summed E-state index contributed by atoms with van der Waals surface area (Å²) in [5, 5.41) is 0. The zero-order valence-corrected chi connectivity index (χ0v) is 12.6. The smallest absolute Gasteiger partial charge is 0.339 e. The molecule has 1 unspecified atom stereocenters. The third-order valence-electron chi connectivity index (χ3n) is 5.17. The van der Waals surface area contributed by atoms with Crippen molar-refractivity contribution in [3.05, 3.63) is 71.3 Å². The molecule has 1 aromatic rings. The molecule has 0 saturated heterocycles. The van der Waals surface area contributed by atoms with Gasteiger partial charge in [0, 0.05) is 5.57 Å². The number of hydrogen-bond donors (Lipinski definition) is 0. The van der Waals surface area contributed by atoms with Gasteiger partial charge in [-0.1, -0.05) is 67.5 Å². The van der Waals surface area contributed by atoms with Gasteiger partial charge in [0.2, 0.25) is 0 Å². The molecule has 2 nitrogen and oxygen atoms in total. The highest BCUT2D eigenvalue weighted by atomic mass is 16.5. The number of cyclic esters (lactones) is 1. The summed E-state index contributed by atoms with van der Waals surface area (Å²) in [7, 11) is 0. The fraction of sp³-hybridized carbons (Fsp3) is 0.350. The number of carbonyl (C=O) groups is 1. The maximum Gasteiger partial charge on any atom is 0.339 e. The lowest BCUT2D eigenvalue weighted by Crippen LogP contribution is -2.12. The summed E-state index contributed by atoms with van der Waals surface area (Å²) in [4.78, 5) is 12.2. The van der Waals surface area contributed by atoms with Crippen LogP contribution in [0.15, 0.2) is 65.8 Å². The maximum atomic E-state index is 12.2. The Balaban J connectivity index is 1.75. The first-order valence-electron chi connectivity index (χ1n) is 8.13. The maximum absolute atomic E-state index is 12.2. The first kappa shape index (κ1) is 13.6. The Kier molecular flexibility index (Phi) is 3.25. The van der Waals surface area contributed by atoms with E-state index in [9.17, 15) is 4.79 Å². The zero-order chi connectivity index (χ0) is 15.0. The Labute approximate surface area is 131 Å². The number of rotatable bonds is 1. The van der Waals surface area contributed by atoms with Gasteiger partial charge in [0.1, 0.15) is 0 Å². The van der Waals surface area contributed by atoms with E-state index in [0.29, 0.717) is 5.41 Å². The van der Waals surface area contributed by atoms with E-state index < -0.39 is 0 Å². The van der Waals surface area contributed by atoms with Crippen LogP contribution in [0.2, 0.25) is 0 Å². The number of ether oxygens (including phenoxy) is 1. The first-order chi connectivity index (χ1) is 10.8. The summed E-state index contributed by atoms with van der Waals surface area (Å²) in [6.07, 6.45) is 14.5. The summed E-state index contributed by atoms with van der Waals surface area (Å²) in [5.41, 5.74) is 3.07. The Hall–Kier alpha value is -2.09. The lowest BCUT2D eigenvalue weighted by molar-refractivity contribution is -0.139. The second-order valence-corrected chi connectivity index (χ2v) is 6.57. The van der Waals surface area contributed by atoms with Crippen molar-refractivity contribution >= 4 is 5.97 Å². The average Bonchev–Trinajstić information content (AvgIpc) is 3.11. The molecule has 1 fully saturated rings. The standard InChI is InChI=1S/C20H20O2/c21-19-17-9-6-13-20(11-4-5-12-20)14-10-16(17)18(22-19)15-7-2-1-3-8-15/h1-3,6-10,14,18H,4-5,11-13H2/b9-6-,14-10-. The minimum atomic E-state index is -0.263. The number of allylic oxidation sites excluding steroid dienone is 2. The highest BCUT2D eigenvalue weighted by Gasteiger charge is 2.36. The third-order valence-corrected chi connectivity index (χ3v) is 5.17. The van der Waals surface area contributed by atoms with Crippen LogP contribution in [0, 0.1) is 5.41 Å². The van der Waals surface area contributed by atoms with Crippen molar-refractivity contribution in [3.8, 4) is 0 Å². The lowest BCUT2D eigenvalue weighted by atomic mass is 9.80. The quantitative estimate of drug-likeness (QED) is 0.704. The highest BCUT2D eigenvalue weighted by molar-refractivity contribution is 5.96. The minimum absolute atomic E-state index is 0.202. The fourth-order valence-electron chi connectivity index (χ4n) is 3.91. The van der Waals surface area contributed by atoms with Crippen LogP contribution in [0.5, 0.6) is 0 Å². The van der Waals surface area contributed by atoms with Crippen LogP contribution in [0.25, 0.3) is 0 Å². The van der Waals surface area contributed by atoms with Gasteiger partial charge < -0.3 is 4.74 Å². The molecule has 0 bridgehead atoms. The molecule has 1 spiro atoms. The normalized spacial score (nSPS) is 28.9. The van der Waals surface area contributed by atoms with Gasteiger partial charge in [-0.3, -0.25) is 0 Å². The monoisotopic (exact) mass is 292 g/mol. The van der Waals surface area contributed by atoms with Gasteiger partial charge in [-0.2, -0.15) is 0 Å². The molecule has 0 amide bonds. The van der Waals surface area contributed by atoms with Crippen molar-refractivity contribution in [3.63, 3.8) is 0 Å². The molecule has 1 heterocycles. The van der Waals surface area contributed by atoms with Gasteiger partial charge in [-0.25, -0.2) is 4.79 Å². The van der Waals surface area contributed by atoms with E-state index >= 15 is 0 Å². The summed E-state index contributed by atoms with van der Waals surface area (Å²) < 4.78 is 5.64. The molecular formula is C20H20O2. The largest absolute Gasteiger partial charge is 0.449 e.